The van der Waals surface area contributed by atoms with Crippen LogP contribution in [0.1, 0.15) is 192 Å². The van der Waals surface area contributed by atoms with Gasteiger partial charge in [0, 0.05) is 88.0 Å². The molecule has 2 bridgehead atoms. The maximum absolute atomic E-state index is 16.3. The number of aliphatic hydroxyl groups is 3. The van der Waals surface area contributed by atoms with Crippen LogP contribution in [0, 0.1) is 60.8 Å². The maximum Gasteiger partial charge on any atom is 0.407 e. The van der Waals surface area contributed by atoms with Crippen molar-refractivity contribution >= 4 is 29.8 Å². The number of Topliss-reactive ketones (excluding diaryl/α,β-unsaturated/α-hetero) is 1. The van der Waals surface area contributed by atoms with Crippen molar-refractivity contribution in [3.8, 4) is 0 Å². The zero-order valence-electron chi connectivity index (χ0n) is 56.5. The number of carbonyl (C=O) groups is 5. The smallest absolute Gasteiger partial charge is 0.407 e. The van der Waals surface area contributed by atoms with Crippen LogP contribution in [0.2, 0.25) is 0 Å². The molecule has 91 heavy (non-hydrogen) atoms. The van der Waals surface area contributed by atoms with Gasteiger partial charge in [-0.15, -0.1) is 0 Å². The number of esters is 3. The van der Waals surface area contributed by atoms with Gasteiger partial charge in [0.15, 0.2) is 11.9 Å². The van der Waals surface area contributed by atoms with E-state index in [0.29, 0.717) is 24.8 Å². The fraction of sp³-hybridized carbons (Fsp3) is 0.587. The van der Waals surface area contributed by atoms with Gasteiger partial charge in [0.1, 0.15) is 29.0 Å². The molecule has 0 aromatic rings. The van der Waals surface area contributed by atoms with Crippen molar-refractivity contribution in [2.24, 2.45) is 16.7 Å². The fourth-order valence-electron chi connectivity index (χ4n) is 12.1. The Morgan fingerprint density at radius 1 is 0.648 bits per heavy atom. The third-order valence-corrected chi connectivity index (χ3v) is 17.1. The van der Waals surface area contributed by atoms with E-state index in [1.807, 2.05) is 30.4 Å². The van der Waals surface area contributed by atoms with Crippen molar-refractivity contribution in [2.45, 2.75) is 251 Å². The van der Waals surface area contributed by atoms with E-state index in [2.05, 4.69) is 135 Å². The van der Waals surface area contributed by atoms with Crippen molar-refractivity contribution < 1.29 is 112 Å². The number of rotatable bonds is 36. The van der Waals surface area contributed by atoms with E-state index in [0.717, 1.165) is 64.2 Å². The van der Waals surface area contributed by atoms with E-state index in [9.17, 15) is 34.5 Å². The second-order valence-electron chi connectivity index (χ2n) is 25.6. The van der Waals surface area contributed by atoms with Gasteiger partial charge in [-0.2, -0.15) is 0 Å². The number of ether oxygens (including phenoxy) is 6. The maximum atomic E-state index is 16.3. The molecule has 1 heterocycles. The number of aliphatic hydroxyl groups excluding tert-OH is 1. The van der Waals surface area contributed by atoms with Crippen molar-refractivity contribution in [1.29, 1.82) is 0 Å². The molecule has 0 unspecified atom stereocenters. The number of hydrogen-bond acceptors (Lipinski definition) is 14. The predicted octanol–water partition coefficient (Wildman–Crippen LogP) is 14.6. The molecule has 11 atom stereocenters. The number of allylic oxidation sites excluding steroid dienone is 24. The predicted molar refractivity (Wildman–Crippen MR) is 357 cm³/mol. The summed E-state index contributed by atoms with van der Waals surface area (Å²) in [4.78, 5) is 70.8. The fourth-order valence-corrected chi connectivity index (χ4v) is 12.1. The van der Waals surface area contributed by atoms with Gasteiger partial charge in [-0.05, 0) is 143 Å². The standard InChI is InChI=1S/C75H109NO14.Ac/c1-12-14-16-18-20-22-24-26-28-30-32-34-36-38-40-42-44-46-48-50-63(79)88-61-52-62-74(83,55-86-62)67-69(87-58(5)77)75(84)53-60(85-54-59(78)57(4)76-70(82)90-71(6,7)8)56(3)65(72(75,9)10)66(68(81)73(61,67)11)89-64(80)51-49-47-45-43-41-39-37-35-33-31-29-27-25-23-21-19-17-15-13-2;/h14-17,20-23,26-29,32-35,38-41,44-47,57,59-62,66-67,69,78,83-84H,12-13,18-19,24-25,30-31,36-37,42-43,48-55H2,1-11H3,(H,76,82);/b16-14-,17-15-,22-20-,23-21-,28-26-,29-27-,34-32-,35-33-,40-38-,41-39-,46-44-,47-45-;/t57-,59-,60-,61-,62+,66+,67-,69-,73+,74-,75+;/m0./s1. The average Bonchev–Trinajstić information content (AvgIpc) is 0.674. The zero-order valence-corrected chi connectivity index (χ0v) is 61.3. The Bertz CT molecular complexity index is 2720. The molecule has 1 aliphatic heterocycles. The third-order valence-electron chi connectivity index (χ3n) is 17.1. The molecule has 0 spiro atoms. The average molecular weight is 1480 g/mol. The monoisotopic (exact) mass is 1470 g/mol. The summed E-state index contributed by atoms with van der Waals surface area (Å²) in [5, 5.41) is 40.7. The quantitative estimate of drug-likeness (QED) is 0.0261. The largest absolute Gasteiger partial charge is 0.461 e. The van der Waals surface area contributed by atoms with Crippen LogP contribution < -0.4 is 5.32 Å². The summed E-state index contributed by atoms with van der Waals surface area (Å²) in [7, 11) is 0. The summed E-state index contributed by atoms with van der Waals surface area (Å²) in [5.41, 5.74) is -7.88. The Hall–Kier alpha value is -4.79. The van der Waals surface area contributed by atoms with Crippen molar-refractivity contribution in [2.75, 3.05) is 13.2 Å². The van der Waals surface area contributed by atoms with E-state index in [1.54, 1.807) is 48.5 Å². The molecule has 1 radical (unpaired) electrons. The SMILES string of the molecule is CC/C=C\C/C=C\C/C=C\C/C=C\C/C=C\C/C=C\CCC(=O)O[C@H]1C(=O)[C@]2(C)[C@@H](OC(=O)CC/C=C\C/C=C\C/C=C\C/C=C\C/C=C\C/C=C\CC)C[C@H]3OC[C@@]3(O)[C@H]2[C@H](OC(C)=O)[C@]2(O)C[C@H](OC[C@H](O)[C@H](C)NC(=O)OC(C)(C)C)C(C)=C1C2(C)C.[Ac]. The molecule has 4 N–H and O–H groups in total. The minimum Gasteiger partial charge on any atom is -0.461 e. The van der Waals surface area contributed by atoms with Crippen LogP contribution in [-0.4, -0.2) is 118 Å². The first-order valence-corrected chi connectivity index (χ1v) is 32.9. The summed E-state index contributed by atoms with van der Waals surface area (Å²) in [6.07, 6.45) is 51.9. The van der Waals surface area contributed by atoms with E-state index >= 15 is 4.79 Å². The first-order chi connectivity index (χ1) is 42.9. The van der Waals surface area contributed by atoms with Crippen molar-refractivity contribution in [3.63, 3.8) is 0 Å². The van der Waals surface area contributed by atoms with Crippen molar-refractivity contribution in [3.05, 3.63) is 157 Å². The normalized spacial score (nSPS) is 26.9. The number of fused-ring (bicyclic) bond motifs is 5. The molecular formula is C75H109AcNO14. The number of hydrogen-bond donors (Lipinski definition) is 4. The van der Waals surface area contributed by atoms with Crippen LogP contribution in [0.5, 0.6) is 0 Å². The minimum absolute atomic E-state index is 0. The van der Waals surface area contributed by atoms with E-state index in [-0.39, 0.29) is 95.0 Å². The van der Waals surface area contributed by atoms with Crippen LogP contribution >= 0.6 is 0 Å². The van der Waals surface area contributed by atoms with E-state index in [1.165, 1.54) is 13.8 Å². The molecule has 15 nitrogen and oxygen atoms in total. The molecule has 4 aliphatic rings. The number of alkyl carbamates (subject to hydrolysis) is 1. The Kier molecular flexibility index (Phi) is 36.4. The molecule has 2 saturated carbocycles. The molecular weight excluding hydrogens is 1370 g/mol. The molecule has 1 saturated heterocycles. The number of carbonyl (C=O) groups excluding carboxylic acids is 5. The zero-order chi connectivity index (χ0) is 66.2. The van der Waals surface area contributed by atoms with Gasteiger partial charge in [0.05, 0.1) is 43.0 Å². The summed E-state index contributed by atoms with van der Waals surface area (Å²) in [6.45, 7) is 18.0. The Labute approximate surface area is 580 Å². The third kappa shape index (κ3) is 25.1. The topological polar surface area (TPSA) is 213 Å². The van der Waals surface area contributed by atoms with Crippen LogP contribution in [-0.2, 0) is 47.6 Å². The first-order valence-electron chi connectivity index (χ1n) is 32.9. The number of nitrogens with one attached hydrogen (secondary N) is 1. The molecule has 3 aliphatic carbocycles. The number of amides is 1. The van der Waals surface area contributed by atoms with Gasteiger partial charge in [0.25, 0.3) is 0 Å². The Morgan fingerprint density at radius 2 is 1.05 bits per heavy atom. The Balaban J connectivity index is 0.0000216. The summed E-state index contributed by atoms with van der Waals surface area (Å²) >= 11 is 0. The second kappa shape index (κ2) is 41.1. The summed E-state index contributed by atoms with van der Waals surface area (Å²) in [5.74, 6) is -4.42. The minimum atomic E-state index is -2.20. The number of ketones is 1. The van der Waals surface area contributed by atoms with Gasteiger partial charge in [-0.1, -0.05) is 174 Å². The molecule has 0 aromatic carbocycles. The van der Waals surface area contributed by atoms with E-state index < -0.39 is 106 Å². The molecule has 16 heteroatoms. The first kappa shape index (κ1) is 80.4. The van der Waals surface area contributed by atoms with Crippen LogP contribution in [0.4, 0.5) is 4.79 Å². The molecule has 501 valence electrons. The molecule has 0 aromatic heterocycles. The van der Waals surface area contributed by atoms with Gasteiger partial charge < -0.3 is 49.1 Å². The van der Waals surface area contributed by atoms with Gasteiger partial charge in [0.2, 0.25) is 0 Å². The second-order valence-corrected chi connectivity index (χ2v) is 25.6. The molecule has 1 amide bonds. The van der Waals surface area contributed by atoms with Crippen LogP contribution in [0.15, 0.2) is 157 Å². The molecule has 4 rings (SSSR count). The van der Waals surface area contributed by atoms with Gasteiger partial charge in [-0.25, -0.2) is 4.79 Å². The summed E-state index contributed by atoms with van der Waals surface area (Å²) in [6, 6.07) is -0.871. The van der Waals surface area contributed by atoms with Crippen molar-refractivity contribution in [1.82, 2.24) is 5.32 Å². The van der Waals surface area contributed by atoms with Crippen LogP contribution in [0.3, 0.4) is 0 Å². The summed E-state index contributed by atoms with van der Waals surface area (Å²) < 4.78 is 36.8. The molecule has 3 fully saturated rings. The Morgan fingerprint density at radius 3 is 1.44 bits per heavy atom. The van der Waals surface area contributed by atoms with Gasteiger partial charge >= 0.3 is 24.0 Å². The van der Waals surface area contributed by atoms with E-state index in [4.69, 9.17) is 28.4 Å². The van der Waals surface area contributed by atoms with Gasteiger partial charge in [-0.3, -0.25) is 19.2 Å². The van der Waals surface area contributed by atoms with Crippen LogP contribution in [0.25, 0.3) is 0 Å².